The van der Waals surface area contributed by atoms with E-state index in [0.29, 0.717) is 6.42 Å². The highest BCUT2D eigenvalue weighted by Gasteiger charge is 2.05. The van der Waals surface area contributed by atoms with Gasteiger partial charge in [0.1, 0.15) is 5.75 Å². The van der Waals surface area contributed by atoms with Crippen molar-refractivity contribution in [3.05, 3.63) is 64.7 Å². The van der Waals surface area contributed by atoms with Crippen LogP contribution in [0.5, 0.6) is 5.75 Å². The molecular formula is C20H24N2O2. The summed E-state index contributed by atoms with van der Waals surface area (Å²) < 4.78 is 5.58. The number of aryl methyl sites for hydroxylation is 2. The van der Waals surface area contributed by atoms with Gasteiger partial charge in [-0.05, 0) is 68.7 Å². The molecule has 0 spiro atoms. The van der Waals surface area contributed by atoms with E-state index in [4.69, 9.17) is 4.74 Å². The summed E-state index contributed by atoms with van der Waals surface area (Å²) in [4.78, 5) is 12.0. The number of carbonyl (C=O) groups excluding carboxylic acids is 1. The lowest BCUT2D eigenvalue weighted by molar-refractivity contribution is -0.120. The van der Waals surface area contributed by atoms with Crippen LogP contribution in [0.15, 0.2) is 47.6 Å². The minimum atomic E-state index is -0.127. The van der Waals surface area contributed by atoms with Crippen LogP contribution >= 0.6 is 0 Å². The molecule has 0 aromatic heterocycles. The summed E-state index contributed by atoms with van der Waals surface area (Å²) in [6.07, 6.45) is 2.10. The molecular weight excluding hydrogens is 300 g/mol. The number of nitrogens with zero attached hydrogens (tertiary/aromatic N) is 1. The molecule has 0 aliphatic carbocycles. The van der Waals surface area contributed by atoms with Crippen molar-refractivity contribution in [1.29, 1.82) is 0 Å². The molecule has 0 aliphatic rings. The molecule has 0 bridgehead atoms. The van der Waals surface area contributed by atoms with E-state index in [9.17, 15) is 4.79 Å². The lowest BCUT2D eigenvalue weighted by Gasteiger charge is -2.09. The van der Waals surface area contributed by atoms with Gasteiger partial charge in [0.05, 0.1) is 18.7 Å². The number of hydrogen-bond donors (Lipinski definition) is 1. The van der Waals surface area contributed by atoms with Gasteiger partial charge in [0.2, 0.25) is 5.91 Å². The molecule has 1 N–H and O–H groups in total. The van der Waals surface area contributed by atoms with E-state index >= 15 is 0 Å². The van der Waals surface area contributed by atoms with Gasteiger partial charge in [-0.15, -0.1) is 0 Å². The lowest BCUT2D eigenvalue weighted by Crippen LogP contribution is -2.20. The maximum atomic E-state index is 12.0. The Bertz CT molecular complexity index is 719. The van der Waals surface area contributed by atoms with Gasteiger partial charge in [-0.25, -0.2) is 5.43 Å². The molecule has 0 saturated carbocycles. The minimum absolute atomic E-state index is 0.127. The van der Waals surface area contributed by atoms with Gasteiger partial charge < -0.3 is 4.74 Å². The summed E-state index contributed by atoms with van der Waals surface area (Å²) in [6, 6.07) is 13.7. The highest BCUT2D eigenvalue weighted by Crippen LogP contribution is 2.13. The predicted octanol–water partition coefficient (Wildman–Crippen LogP) is 3.78. The maximum absolute atomic E-state index is 12.0. The second-order valence-corrected chi connectivity index (χ2v) is 6.14. The fraction of sp³-hybridized carbons (Fsp3) is 0.300. The Morgan fingerprint density at radius 1 is 1.17 bits per heavy atom. The highest BCUT2D eigenvalue weighted by atomic mass is 16.5. The molecule has 4 nitrogen and oxygen atoms in total. The van der Waals surface area contributed by atoms with Crippen molar-refractivity contribution in [1.82, 2.24) is 5.43 Å². The fourth-order valence-electron chi connectivity index (χ4n) is 2.34. The van der Waals surface area contributed by atoms with E-state index in [1.54, 1.807) is 6.21 Å². The third-order valence-electron chi connectivity index (χ3n) is 3.50. The normalized spacial score (nSPS) is 11.0. The number of carbonyl (C=O) groups is 1. The SMILES string of the molecule is Cc1ccc(CC(=O)N/N=C/c2ccc(OC(C)C)cc2)c(C)c1. The Kier molecular flexibility index (Phi) is 6.13. The number of nitrogens with one attached hydrogen (secondary N) is 1. The van der Waals surface area contributed by atoms with E-state index in [-0.39, 0.29) is 12.0 Å². The minimum Gasteiger partial charge on any atom is -0.491 e. The molecule has 2 aromatic rings. The second-order valence-electron chi connectivity index (χ2n) is 6.14. The van der Waals surface area contributed by atoms with Crippen molar-refractivity contribution < 1.29 is 9.53 Å². The molecule has 2 rings (SSSR count). The number of amides is 1. The largest absolute Gasteiger partial charge is 0.491 e. The molecule has 1 amide bonds. The van der Waals surface area contributed by atoms with Gasteiger partial charge >= 0.3 is 0 Å². The predicted molar refractivity (Wildman–Crippen MR) is 97.6 cm³/mol. The molecule has 2 aromatic carbocycles. The zero-order valence-electron chi connectivity index (χ0n) is 14.7. The molecule has 0 heterocycles. The molecule has 0 unspecified atom stereocenters. The van der Waals surface area contributed by atoms with Gasteiger partial charge in [-0.1, -0.05) is 23.8 Å². The van der Waals surface area contributed by atoms with Crippen LogP contribution in [0.3, 0.4) is 0 Å². The van der Waals surface area contributed by atoms with Gasteiger partial charge in [-0.3, -0.25) is 4.79 Å². The van der Waals surface area contributed by atoms with Gasteiger partial charge in [0, 0.05) is 0 Å². The number of hydrazone groups is 1. The zero-order valence-corrected chi connectivity index (χ0v) is 14.7. The standard InChI is InChI=1S/C20H24N2O2/c1-14(2)24-19-9-6-17(7-10-19)13-21-22-20(23)12-18-8-5-15(3)11-16(18)4/h5-11,13-14H,12H2,1-4H3,(H,22,23)/b21-13+. The van der Waals surface area contributed by atoms with Crippen molar-refractivity contribution in [3.63, 3.8) is 0 Å². The third-order valence-corrected chi connectivity index (χ3v) is 3.50. The van der Waals surface area contributed by atoms with Gasteiger partial charge in [0.15, 0.2) is 0 Å². The topological polar surface area (TPSA) is 50.7 Å². The molecule has 0 radical (unpaired) electrons. The van der Waals surface area contributed by atoms with Crippen molar-refractivity contribution in [2.75, 3.05) is 0 Å². The van der Waals surface area contributed by atoms with Gasteiger partial charge in [0.25, 0.3) is 0 Å². The van der Waals surface area contributed by atoms with Crippen molar-refractivity contribution in [3.8, 4) is 5.75 Å². The number of ether oxygens (including phenoxy) is 1. The quantitative estimate of drug-likeness (QED) is 0.649. The monoisotopic (exact) mass is 324 g/mol. The summed E-state index contributed by atoms with van der Waals surface area (Å²) in [7, 11) is 0. The number of benzene rings is 2. The first-order valence-electron chi connectivity index (χ1n) is 8.09. The Morgan fingerprint density at radius 2 is 1.88 bits per heavy atom. The van der Waals surface area contributed by atoms with Crippen molar-refractivity contribution in [2.24, 2.45) is 5.10 Å². The van der Waals surface area contributed by atoms with Crippen LogP contribution in [-0.4, -0.2) is 18.2 Å². The van der Waals surface area contributed by atoms with Crippen LogP contribution in [0.4, 0.5) is 0 Å². The van der Waals surface area contributed by atoms with Crippen LogP contribution in [-0.2, 0) is 11.2 Å². The first-order chi connectivity index (χ1) is 11.4. The Labute approximate surface area is 143 Å². The van der Waals surface area contributed by atoms with Crippen LogP contribution in [0.1, 0.15) is 36.1 Å². The molecule has 126 valence electrons. The molecule has 0 aliphatic heterocycles. The average molecular weight is 324 g/mol. The Hall–Kier alpha value is -2.62. The first-order valence-corrected chi connectivity index (χ1v) is 8.09. The first kappa shape index (κ1) is 17.7. The number of hydrogen-bond acceptors (Lipinski definition) is 3. The highest BCUT2D eigenvalue weighted by molar-refractivity contribution is 5.83. The van der Waals surface area contributed by atoms with E-state index in [2.05, 4.69) is 16.6 Å². The summed E-state index contributed by atoms with van der Waals surface area (Å²) in [5, 5.41) is 4.01. The van der Waals surface area contributed by atoms with E-state index in [1.807, 2.05) is 64.1 Å². The summed E-state index contributed by atoms with van der Waals surface area (Å²) in [6.45, 7) is 8.03. The molecule has 0 atom stereocenters. The van der Waals surface area contributed by atoms with Crippen LogP contribution < -0.4 is 10.2 Å². The molecule has 0 saturated heterocycles. The Morgan fingerprint density at radius 3 is 2.50 bits per heavy atom. The van der Waals surface area contributed by atoms with E-state index in [1.165, 1.54) is 5.56 Å². The number of rotatable bonds is 6. The van der Waals surface area contributed by atoms with Crippen LogP contribution in [0, 0.1) is 13.8 Å². The smallest absolute Gasteiger partial charge is 0.244 e. The summed E-state index contributed by atoms with van der Waals surface area (Å²) >= 11 is 0. The van der Waals surface area contributed by atoms with E-state index in [0.717, 1.165) is 22.4 Å². The Balaban J connectivity index is 1.87. The van der Waals surface area contributed by atoms with Crippen molar-refractivity contribution >= 4 is 12.1 Å². The third kappa shape index (κ3) is 5.54. The zero-order chi connectivity index (χ0) is 17.5. The van der Waals surface area contributed by atoms with Crippen LogP contribution in [0.2, 0.25) is 0 Å². The van der Waals surface area contributed by atoms with Crippen LogP contribution in [0.25, 0.3) is 0 Å². The summed E-state index contributed by atoms with van der Waals surface area (Å²) in [5.41, 5.74) is 6.80. The molecule has 24 heavy (non-hydrogen) atoms. The maximum Gasteiger partial charge on any atom is 0.244 e. The molecule has 4 heteroatoms. The lowest BCUT2D eigenvalue weighted by atomic mass is 10.0. The summed E-state index contributed by atoms with van der Waals surface area (Å²) in [5.74, 6) is 0.694. The fourth-order valence-corrected chi connectivity index (χ4v) is 2.34. The van der Waals surface area contributed by atoms with Gasteiger partial charge in [-0.2, -0.15) is 5.10 Å². The second kappa shape index (κ2) is 8.29. The van der Waals surface area contributed by atoms with Crippen molar-refractivity contribution in [2.45, 2.75) is 40.2 Å². The van der Waals surface area contributed by atoms with E-state index < -0.39 is 0 Å². The average Bonchev–Trinajstić information content (AvgIpc) is 2.51. The molecule has 0 fully saturated rings.